The predicted octanol–water partition coefficient (Wildman–Crippen LogP) is 3.85. The van der Waals surface area contributed by atoms with Gasteiger partial charge in [-0.3, -0.25) is 4.79 Å². The summed E-state index contributed by atoms with van der Waals surface area (Å²) >= 11 is 0. The van der Waals surface area contributed by atoms with Gasteiger partial charge in [0.05, 0.1) is 0 Å². The maximum Gasteiger partial charge on any atom is 0.228 e. The van der Waals surface area contributed by atoms with Crippen molar-refractivity contribution < 1.29 is 18.0 Å². The molecule has 1 amide bonds. The molecule has 2 aromatic carbocycles. The third kappa shape index (κ3) is 2.91. The average molecular weight is 291 g/mol. The van der Waals surface area contributed by atoms with E-state index in [1.807, 2.05) is 0 Å². The van der Waals surface area contributed by atoms with Gasteiger partial charge in [-0.15, -0.1) is 0 Å². The molecule has 21 heavy (non-hydrogen) atoms. The fourth-order valence-electron chi connectivity index (χ4n) is 2.47. The lowest BCUT2D eigenvalue weighted by molar-refractivity contribution is -0.117. The fraction of sp³-hybridized carbons (Fsp3) is 0.188. The smallest absolute Gasteiger partial charge is 0.228 e. The van der Waals surface area contributed by atoms with Crippen LogP contribution in [0.25, 0.3) is 0 Å². The highest BCUT2D eigenvalue weighted by molar-refractivity contribution is 5.95. The zero-order valence-electron chi connectivity index (χ0n) is 10.9. The maximum absolute atomic E-state index is 13.6. The second-order valence-corrected chi connectivity index (χ2v) is 5.12. The van der Waals surface area contributed by atoms with Crippen LogP contribution in [0, 0.1) is 23.4 Å². The Morgan fingerprint density at radius 1 is 1.05 bits per heavy atom. The first-order chi connectivity index (χ1) is 10.0. The summed E-state index contributed by atoms with van der Waals surface area (Å²) in [5.74, 6) is -2.75. The van der Waals surface area contributed by atoms with E-state index in [1.165, 1.54) is 6.07 Å². The first kappa shape index (κ1) is 13.7. The molecular weight excluding hydrogens is 279 g/mol. The van der Waals surface area contributed by atoms with Crippen LogP contribution < -0.4 is 5.32 Å². The summed E-state index contributed by atoms with van der Waals surface area (Å²) in [4.78, 5) is 12.0. The van der Waals surface area contributed by atoms with Crippen LogP contribution in [-0.4, -0.2) is 5.91 Å². The molecule has 1 aliphatic carbocycles. The molecule has 2 unspecified atom stereocenters. The molecule has 2 nitrogen and oxygen atoms in total. The summed E-state index contributed by atoms with van der Waals surface area (Å²) in [5.41, 5.74) is 0.569. The molecule has 108 valence electrons. The monoisotopic (exact) mass is 291 g/mol. The first-order valence-corrected chi connectivity index (χ1v) is 6.56. The van der Waals surface area contributed by atoms with Gasteiger partial charge in [0.25, 0.3) is 0 Å². The topological polar surface area (TPSA) is 29.1 Å². The van der Waals surface area contributed by atoms with Crippen molar-refractivity contribution in [2.24, 2.45) is 5.92 Å². The van der Waals surface area contributed by atoms with Crippen molar-refractivity contribution in [1.82, 2.24) is 0 Å². The predicted molar refractivity (Wildman–Crippen MR) is 72.2 cm³/mol. The van der Waals surface area contributed by atoms with Gasteiger partial charge in [-0.05, 0) is 36.1 Å². The van der Waals surface area contributed by atoms with Crippen molar-refractivity contribution in [1.29, 1.82) is 0 Å². The molecule has 0 heterocycles. The van der Waals surface area contributed by atoms with Gasteiger partial charge < -0.3 is 5.32 Å². The summed E-state index contributed by atoms with van der Waals surface area (Å²) in [7, 11) is 0. The van der Waals surface area contributed by atoms with Crippen molar-refractivity contribution in [3.63, 3.8) is 0 Å². The number of hydrogen-bond donors (Lipinski definition) is 1. The highest BCUT2D eigenvalue weighted by Gasteiger charge is 2.45. The van der Waals surface area contributed by atoms with Crippen LogP contribution in [0.3, 0.4) is 0 Å². The van der Waals surface area contributed by atoms with Crippen molar-refractivity contribution >= 4 is 11.6 Å². The second-order valence-electron chi connectivity index (χ2n) is 5.12. The van der Waals surface area contributed by atoms with E-state index in [-0.39, 0.29) is 29.2 Å². The van der Waals surface area contributed by atoms with E-state index < -0.39 is 11.6 Å². The number of benzene rings is 2. The molecule has 1 aliphatic rings. The Kier molecular flexibility index (Phi) is 3.41. The van der Waals surface area contributed by atoms with E-state index in [9.17, 15) is 18.0 Å². The lowest BCUT2D eigenvalue weighted by Gasteiger charge is -2.06. The van der Waals surface area contributed by atoms with Crippen LogP contribution in [0.15, 0.2) is 42.5 Å². The van der Waals surface area contributed by atoms with Crippen molar-refractivity contribution in [2.75, 3.05) is 5.32 Å². The molecular formula is C16H12F3NO. The van der Waals surface area contributed by atoms with Gasteiger partial charge in [-0.1, -0.05) is 18.2 Å². The van der Waals surface area contributed by atoms with Crippen LogP contribution in [0.2, 0.25) is 0 Å². The normalized spacial score (nSPS) is 20.1. The average Bonchev–Trinajstić information content (AvgIpc) is 3.18. The summed E-state index contributed by atoms with van der Waals surface area (Å²) in [6.45, 7) is 0. The number of anilines is 1. The Balaban J connectivity index is 1.69. The second kappa shape index (κ2) is 5.24. The van der Waals surface area contributed by atoms with Crippen LogP contribution in [0.5, 0.6) is 0 Å². The van der Waals surface area contributed by atoms with Crippen LogP contribution in [0.1, 0.15) is 17.9 Å². The summed E-state index contributed by atoms with van der Waals surface area (Å²) < 4.78 is 39.7. The lowest BCUT2D eigenvalue weighted by atomic mass is 10.1. The number of hydrogen-bond acceptors (Lipinski definition) is 1. The van der Waals surface area contributed by atoms with Gasteiger partial charge in [0.2, 0.25) is 5.91 Å². The third-order valence-corrected chi connectivity index (χ3v) is 3.56. The number of nitrogens with one attached hydrogen (secondary N) is 1. The lowest BCUT2D eigenvalue weighted by Crippen LogP contribution is -2.15. The van der Waals surface area contributed by atoms with E-state index in [0.717, 1.165) is 18.2 Å². The molecule has 1 saturated carbocycles. The van der Waals surface area contributed by atoms with Crippen LogP contribution in [0.4, 0.5) is 18.9 Å². The molecule has 1 N–H and O–H groups in total. The SMILES string of the molecule is O=C(Nc1cc(F)cc(F)c1)C1CC1c1ccccc1F. The zero-order valence-corrected chi connectivity index (χ0v) is 10.9. The number of halogens is 3. The minimum Gasteiger partial charge on any atom is -0.326 e. The molecule has 2 aromatic rings. The molecule has 0 spiro atoms. The quantitative estimate of drug-likeness (QED) is 0.914. The Morgan fingerprint density at radius 3 is 2.38 bits per heavy atom. The molecule has 5 heteroatoms. The highest BCUT2D eigenvalue weighted by Crippen LogP contribution is 2.48. The molecule has 2 atom stereocenters. The van der Waals surface area contributed by atoms with Crippen molar-refractivity contribution in [2.45, 2.75) is 12.3 Å². The Labute approximate surface area is 119 Å². The fourth-order valence-corrected chi connectivity index (χ4v) is 2.47. The highest BCUT2D eigenvalue weighted by atomic mass is 19.1. The number of carbonyl (C=O) groups excluding carboxylic acids is 1. The molecule has 0 bridgehead atoms. The molecule has 3 rings (SSSR count). The minimum atomic E-state index is -0.758. The van der Waals surface area contributed by atoms with E-state index in [1.54, 1.807) is 18.2 Å². The van der Waals surface area contributed by atoms with Gasteiger partial charge in [-0.2, -0.15) is 0 Å². The van der Waals surface area contributed by atoms with Gasteiger partial charge in [0.15, 0.2) is 0 Å². The summed E-state index contributed by atoms with van der Waals surface area (Å²) in [5, 5.41) is 2.46. The maximum atomic E-state index is 13.6. The largest absolute Gasteiger partial charge is 0.326 e. The van der Waals surface area contributed by atoms with Crippen LogP contribution >= 0.6 is 0 Å². The molecule has 1 fully saturated rings. The van der Waals surface area contributed by atoms with E-state index in [4.69, 9.17) is 0 Å². The van der Waals surface area contributed by atoms with Crippen LogP contribution in [-0.2, 0) is 4.79 Å². The number of amides is 1. The number of rotatable bonds is 3. The third-order valence-electron chi connectivity index (χ3n) is 3.56. The summed E-state index contributed by atoms with van der Waals surface area (Å²) in [6, 6.07) is 9.12. The standard InChI is InChI=1S/C16H12F3NO/c17-9-5-10(18)7-11(6-9)20-16(21)14-8-13(14)12-3-1-2-4-15(12)19/h1-7,13-14H,8H2,(H,20,21). The van der Waals surface area contributed by atoms with Crippen molar-refractivity contribution in [3.8, 4) is 0 Å². The van der Waals surface area contributed by atoms with E-state index >= 15 is 0 Å². The van der Waals surface area contributed by atoms with E-state index in [2.05, 4.69) is 5.32 Å². The van der Waals surface area contributed by atoms with Gasteiger partial charge in [0.1, 0.15) is 17.5 Å². The molecule has 0 aromatic heterocycles. The van der Waals surface area contributed by atoms with Gasteiger partial charge in [-0.25, -0.2) is 13.2 Å². The molecule has 0 aliphatic heterocycles. The number of carbonyl (C=O) groups is 1. The van der Waals surface area contributed by atoms with Gasteiger partial charge >= 0.3 is 0 Å². The first-order valence-electron chi connectivity index (χ1n) is 6.56. The van der Waals surface area contributed by atoms with Gasteiger partial charge in [0, 0.05) is 17.7 Å². The Hall–Kier alpha value is -2.30. The molecule has 0 saturated heterocycles. The summed E-state index contributed by atoms with van der Waals surface area (Å²) in [6.07, 6.45) is 0.532. The van der Waals surface area contributed by atoms with Crippen molar-refractivity contribution in [3.05, 3.63) is 65.5 Å². The zero-order chi connectivity index (χ0) is 15.0. The Morgan fingerprint density at radius 2 is 1.71 bits per heavy atom. The minimum absolute atomic E-state index is 0.0664. The molecule has 0 radical (unpaired) electrons. The van der Waals surface area contributed by atoms with E-state index in [0.29, 0.717) is 12.0 Å². The Bertz CT molecular complexity index is 681.